The molecule has 0 aliphatic carbocycles. The summed E-state index contributed by atoms with van der Waals surface area (Å²) in [5.41, 5.74) is 0.759. The third kappa shape index (κ3) is 7.61. The van der Waals surface area contributed by atoms with Gasteiger partial charge in [-0.25, -0.2) is 4.99 Å². The summed E-state index contributed by atoms with van der Waals surface area (Å²) in [6.07, 6.45) is 9.28. The van der Waals surface area contributed by atoms with Crippen molar-refractivity contribution < 1.29 is 14.6 Å². The maximum absolute atomic E-state index is 9.62. The Labute approximate surface area is 158 Å². The smallest absolute Gasteiger partial charge is 0.180 e. The molecule has 1 heterocycles. The van der Waals surface area contributed by atoms with E-state index in [-0.39, 0.29) is 6.61 Å². The Bertz CT molecular complexity index is 551. The number of benzene rings is 1. The highest BCUT2D eigenvalue weighted by atomic mass is 16.5. The molecule has 0 saturated heterocycles. The Morgan fingerprint density at radius 3 is 2.54 bits per heavy atom. The van der Waals surface area contributed by atoms with Crippen molar-refractivity contribution in [2.75, 3.05) is 19.8 Å². The Balaban J connectivity index is 0.00000163. The van der Waals surface area contributed by atoms with E-state index in [9.17, 15) is 5.11 Å². The van der Waals surface area contributed by atoms with Crippen LogP contribution in [0.15, 0.2) is 41.4 Å². The lowest BCUT2D eigenvalue weighted by atomic mass is 9.94. The van der Waals surface area contributed by atoms with Gasteiger partial charge >= 0.3 is 0 Å². The quantitative estimate of drug-likeness (QED) is 0.474. The first-order valence-corrected chi connectivity index (χ1v) is 9.80. The molecule has 0 spiro atoms. The third-order valence-electron chi connectivity index (χ3n) is 4.31. The average molecular weight is 362 g/mol. The van der Waals surface area contributed by atoms with Crippen LogP contribution in [0.4, 0.5) is 0 Å². The number of rotatable bonds is 10. The summed E-state index contributed by atoms with van der Waals surface area (Å²) in [4.78, 5) is 4.46. The maximum atomic E-state index is 9.62. The first kappa shape index (κ1) is 22.2. The van der Waals surface area contributed by atoms with Gasteiger partial charge in [-0.3, -0.25) is 0 Å². The predicted octanol–water partition coefficient (Wildman–Crippen LogP) is 4.95. The molecule has 26 heavy (non-hydrogen) atoms. The second-order valence-electron chi connectivity index (χ2n) is 6.36. The molecule has 1 aromatic rings. The van der Waals surface area contributed by atoms with E-state index in [0.29, 0.717) is 12.5 Å². The molecular formula is C22H35NO3. The Kier molecular flexibility index (Phi) is 10.7. The first-order valence-electron chi connectivity index (χ1n) is 9.80. The number of aliphatic hydroxyl groups is 1. The van der Waals surface area contributed by atoms with Crippen LogP contribution in [0, 0.1) is 0 Å². The van der Waals surface area contributed by atoms with Crippen molar-refractivity contribution in [1.29, 1.82) is 0 Å². The number of ether oxygens (including phenoxy) is 2. The highest BCUT2D eigenvalue weighted by Gasteiger charge is 2.34. The molecule has 1 aliphatic heterocycles. The van der Waals surface area contributed by atoms with Crippen molar-refractivity contribution in [3.63, 3.8) is 0 Å². The second-order valence-corrected chi connectivity index (χ2v) is 6.36. The van der Waals surface area contributed by atoms with Crippen molar-refractivity contribution in [3.8, 4) is 5.75 Å². The summed E-state index contributed by atoms with van der Waals surface area (Å²) in [5.74, 6) is 1.59. The average Bonchev–Trinajstić information content (AvgIpc) is 3.07. The van der Waals surface area contributed by atoms with E-state index in [4.69, 9.17) is 9.47 Å². The minimum absolute atomic E-state index is 0.0265. The molecule has 1 atom stereocenters. The zero-order valence-corrected chi connectivity index (χ0v) is 16.8. The molecule has 0 saturated carbocycles. The van der Waals surface area contributed by atoms with Crippen LogP contribution in [0.5, 0.6) is 5.75 Å². The van der Waals surface area contributed by atoms with Crippen LogP contribution in [0.1, 0.15) is 58.9 Å². The molecular weight excluding hydrogens is 326 g/mol. The van der Waals surface area contributed by atoms with Gasteiger partial charge < -0.3 is 14.6 Å². The van der Waals surface area contributed by atoms with Crippen molar-refractivity contribution in [3.05, 3.63) is 42.0 Å². The van der Waals surface area contributed by atoms with E-state index in [1.807, 2.05) is 39.8 Å². The van der Waals surface area contributed by atoms with Crippen LogP contribution in [0.25, 0.3) is 0 Å². The standard InChI is InChI=1S/C20H29NO3.C2H6/c1-3-4-5-6-7-14-23-19-10-8-18(9-11-19)12-13-20(15-22)16-24-17(2)21-20;1-2/h3-4,8-11,22H,5-7,12-16H2,1-2H3;1-2H3/b4-3-;. The lowest BCUT2D eigenvalue weighted by Gasteiger charge is -2.21. The van der Waals surface area contributed by atoms with Gasteiger partial charge in [0.1, 0.15) is 17.9 Å². The largest absolute Gasteiger partial charge is 0.494 e. The van der Waals surface area contributed by atoms with Crippen LogP contribution >= 0.6 is 0 Å². The second kappa shape index (κ2) is 12.5. The Hall–Kier alpha value is -1.81. The van der Waals surface area contributed by atoms with Crippen molar-refractivity contribution in [2.24, 2.45) is 4.99 Å². The normalized spacial score (nSPS) is 18.9. The summed E-state index contributed by atoms with van der Waals surface area (Å²) in [6.45, 7) is 9.15. The lowest BCUT2D eigenvalue weighted by Crippen LogP contribution is -2.33. The Morgan fingerprint density at radius 1 is 1.23 bits per heavy atom. The zero-order valence-electron chi connectivity index (χ0n) is 16.8. The minimum Gasteiger partial charge on any atom is -0.494 e. The van der Waals surface area contributed by atoms with Gasteiger partial charge in [0.15, 0.2) is 5.90 Å². The molecule has 0 radical (unpaired) electrons. The summed E-state index contributed by atoms with van der Waals surface area (Å²) in [6, 6.07) is 8.22. The highest BCUT2D eigenvalue weighted by Crippen LogP contribution is 2.25. The van der Waals surface area contributed by atoms with Crippen LogP contribution in [-0.2, 0) is 11.2 Å². The summed E-state index contributed by atoms with van der Waals surface area (Å²) >= 11 is 0. The van der Waals surface area contributed by atoms with Gasteiger partial charge in [-0.1, -0.05) is 38.1 Å². The molecule has 4 nitrogen and oxygen atoms in total. The van der Waals surface area contributed by atoms with E-state index in [1.54, 1.807) is 0 Å². The molecule has 0 bridgehead atoms. The molecule has 4 heteroatoms. The fourth-order valence-electron chi connectivity index (χ4n) is 2.78. The van der Waals surface area contributed by atoms with Gasteiger partial charge in [-0.15, -0.1) is 0 Å². The monoisotopic (exact) mass is 361 g/mol. The molecule has 1 N–H and O–H groups in total. The lowest BCUT2D eigenvalue weighted by molar-refractivity contribution is 0.150. The van der Waals surface area contributed by atoms with Crippen LogP contribution in [-0.4, -0.2) is 36.4 Å². The molecule has 1 aromatic carbocycles. The van der Waals surface area contributed by atoms with Crippen molar-refractivity contribution in [1.82, 2.24) is 0 Å². The third-order valence-corrected chi connectivity index (χ3v) is 4.31. The molecule has 0 amide bonds. The number of unbranched alkanes of at least 4 members (excludes halogenated alkanes) is 2. The van der Waals surface area contributed by atoms with E-state index in [2.05, 4.69) is 29.3 Å². The van der Waals surface area contributed by atoms with Gasteiger partial charge in [-0.05, 0) is 56.7 Å². The number of aryl methyl sites for hydroxylation is 1. The molecule has 0 fully saturated rings. The summed E-state index contributed by atoms with van der Waals surface area (Å²) < 4.78 is 11.2. The molecule has 0 aromatic heterocycles. The van der Waals surface area contributed by atoms with Crippen molar-refractivity contribution in [2.45, 2.75) is 65.3 Å². The van der Waals surface area contributed by atoms with Gasteiger partial charge in [0.2, 0.25) is 0 Å². The molecule has 146 valence electrons. The molecule has 1 aliphatic rings. The van der Waals surface area contributed by atoms with E-state index >= 15 is 0 Å². The van der Waals surface area contributed by atoms with E-state index < -0.39 is 5.54 Å². The fourth-order valence-corrected chi connectivity index (χ4v) is 2.78. The number of aliphatic hydroxyl groups excluding tert-OH is 1. The topological polar surface area (TPSA) is 51.0 Å². The fraction of sp³-hybridized carbons (Fsp3) is 0.591. The zero-order chi connectivity index (χ0) is 19.3. The summed E-state index contributed by atoms with van der Waals surface area (Å²) in [7, 11) is 0. The number of aliphatic imine (C=N–C) groups is 1. The van der Waals surface area contributed by atoms with Gasteiger partial charge in [0, 0.05) is 6.92 Å². The number of hydrogen-bond acceptors (Lipinski definition) is 4. The SMILES string of the molecule is C/C=C\CCCCOc1ccc(CCC2(CO)COC(C)=N2)cc1.CC. The molecule has 1 unspecified atom stereocenters. The van der Waals surface area contributed by atoms with Crippen LogP contribution in [0.2, 0.25) is 0 Å². The van der Waals surface area contributed by atoms with Gasteiger partial charge in [0.25, 0.3) is 0 Å². The molecule has 2 rings (SSSR count). The Morgan fingerprint density at radius 2 is 1.96 bits per heavy atom. The van der Waals surface area contributed by atoms with Crippen LogP contribution < -0.4 is 4.74 Å². The number of hydrogen-bond donors (Lipinski definition) is 1. The highest BCUT2D eigenvalue weighted by molar-refractivity contribution is 5.75. The number of nitrogens with zero attached hydrogens (tertiary/aromatic N) is 1. The number of allylic oxidation sites excluding steroid dienone is 2. The van der Waals surface area contributed by atoms with E-state index in [1.165, 1.54) is 5.56 Å². The predicted molar refractivity (Wildman–Crippen MR) is 109 cm³/mol. The van der Waals surface area contributed by atoms with Gasteiger partial charge in [0.05, 0.1) is 13.2 Å². The first-order chi connectivity index (χ1) is 12.7. The van der Waals surface area contributed by atoms with Crippen LogP contribution in [0.3, 0.4) is 0 Å². The minimum atomic E-state index is -0.466. The summed E-state index contributed by atoms with van der Waals surface area (Å²) in [5, 5.41) is 9.62. The van der Waals surface area contributed by atoms with E-state index in [0.717, 1.165) is 44.5 Å². The maximum Gasteiger partial charge on any atom is 0.180 e. The van der Waals surface area contributed by atoms with Crippen molar-refractivity contribution >= 4 is 5.90 Å². The van der Waals surface area contributed by atoms with Gasteiger partial charge in [-0.2, -0.15) is 0 Å².